The molecule has 4 amide bonds. The molecule has 26 heavy (non-hydrogen) atoms. The lowest BCUT2D eigenvalue weighted by Crippen LogP contribution is -2.71. The van der Waals surface area contributed by atoms with E-state index in [-0.39, 0.29) is 17.7 Å². The number of hydroxylamine groups is 2. The molecule has 0 saturated carbocycles. The molecule has 1 aromatic rings. The van der Waals surface area contributed by atoms with E-state index in [1.807, 2.05) is 0 Å². The molecule has 9 nitrogen and oxygen atoms in total. The summed E-state index contributed by atoms with van der Waals surface area (Å²) in [6, 6.07) is 4.94. The van der Waals surface area contributed by atoms with Gasteiger partial charge in [-0.15, -0.1) is 5.06 Å². The number of hydrogen-bond acceptors (Lipinski definition) is 6. The summed E-state index contributed by atoms with van der Waals surface area (Å²) in [5.74, 6) is -1.52. The molecule has 138 valence electrons. The Balaban J connectivity index is 1.57. The van der Waals surface area contributed by atoms with Crippen LogP contribution in [0.4, 0.5) is 4.79 Å². The molecule has 0 bridgehead atoms. The van der Waals surface area contributed by atoms with E-state index < -0.39 is 41.5 Å². The standard InChI is InChI=1S/C17H19N3O6/c1-17(2,3)26-16(24)19-12-11(18-13(12)21)8-25-20-14(22)9-6-4-5-7-10(9)15(20)23/h4-7,11-12H,8H2,1-3H3,(H,18,21)(H,19,24)/t11-,12+/m0/s1. The van der Waals surface area contributed by atoms with Gasteiger partial charge in [0.05, 0.1) is 23.8 Å². The van der Waals surface area contributed by atoms with Gasteiger partial charge in [-0.05, 0) is 32.9 Å². The number of amides is 4. The van der Waals surface area contributed by atoms with E-state index in [1.165, 1.54) is 12.1 Å². The molecule has 0 aliphatic carbocycles. The van der Waals surface area contributed by atoms with Crippen LogP contribution in [0.3, 0.4) is 0 Å². The number of carbonyl (C=O) groups excluding carboxylic acids is 4. The van der Waals surface area contributed by atoms with Crippen LogP contribution in [-0.4, -0.2) is 53.2 Å². The van der Waals surface area contributed by atoms with Gasteiger partial charge in [0, 0.05) is 0 Å². The zero-order valence-electron chi connectivity index (χ0n) is 14.6. The van der Waals surface area contributed by atoms with Crippen molar-refractivity contribution in [2.45, 2.75) is 38.5 Å². The smallest absolute Gasteiger partial charge is 0.408 e. The Kier molecular flexibility index (Phi) is 4.41. The van der Waals surface area contributed by atoms with E-state index in [0.717, 1.165) is 0 Å². The first-order chi connectivity index (χ1) is 12.2. The Morgan fingerprint density at radius 2 is 1.73 bits per heavy atom. The molecule has 2 aliphatic heterocycles. The molecule has 2 aliphatic rings. The molecule has 1 aromatic carbocycles. The number of benzene rings is 1. The van der Waals surface area contributed by atoms with Crippen molar-refractivity contribution in [1.29, 1.82) is 0 Å². The molecule has 9 heteroatoms. The van der Waals surface area contributed by atoms with Crippen molar-refractivity contribution >= 4 is 23.8 Å². The third kappa shape index (κ3) is 3.38. The molecule has 2 atom stereocenters. The minimum Gasteiger partial charge on any atom is -0.444 e. The van der Waals surface area contributed by atoms with Gasteiger partial charge in [-0.1, -0.05) is 12.1 Å². The van der Waals surface area contributed by atoms with E-state index in [0.29, 0.717) is 5.06 Å². The first-order valence-corrected chi connectivity index (χ1v) is 8.08. The lowest BCUT2D eigenvalue weighted by Gasteiger charge is -2.37. The zero-order valence-corrected chi connectivity index (χ0v) is 14.6. The van der Waals surface area contributed by atoms with E-state index >= 15 is 0 Å². The summed E-state index contributed by atoms with van der Waals surface area (Å²) in [6.45, 7) is 4.96. The Morgan fingerprint density at radius 1 is 1.15 bits per heavy atom. The normalized spacial score (nSPS) is 21.8. The summed E-state index contributed by atoms with van der Waals surface area (Å²) in [5.41, 5.74) is -0.173. The summed E-state index contributed by atoms with van der Waals surface area (Å²) in [6.07, 6.45) is -0.733. The van der Waals surface area contributed by atoms with Gasteiger partial charge >= 0.3 is 6.09 Å². The number of alkyl carbamates (subject to hydrolysis) is 1. The highest BCUT2D eigenvalue weighted by atomic mass is 16.7. The number of rotatable bonds is 4. The quantitative estimate of drug-likeness (QED) is 0.600. The Hall–Kier alpha value is -2.94. The number of β-lactam (4-membered cyclic amide) rings is 1. The predicted molar refractivity (Wildman–Crippen MR) is 88.0 cm³/mol. The lowest BCUT2D eigenvalue weighted by molar-refractivity contribution is -0.140. The van der Waals surface area contributed by atoms with Gasteiger partial charge in [-0.2, -0.15) is 0 Å². The van der Waals surface area contributed by atoms with Crippen LogP contribution in [0, 0.1) is 0 Å². The number of nitrogens with one attached hydrogen (secondary N) is 2. The molecule has 0 spiro atoms. The van der Waals surface area contributed by atoms with Crippen LogP contribution in [0.1, 0.15) is 41.5 Å². The summed E-state index contributed by atoms with van der Waals surface area (Å²) in [5, 5.41) is 5.66. The van der Waals surface area contributed by atoms with Gasteiger partial charge in [0.2, 0.25) is 5.91 Å². The number of imide groups is 1. The van der Waals surface area contributed by atoms with Gasteiger partial charge in [-0.25, -0.2) is 4.79 Å². The maximum absolute atomic E-state index is 12.2. The van der Waals surface area contributed by atoms with Gasteiger partial charge in [0.25, 0.3) is 11.8 Å². The summed E-state index contributed by atoms with van der Waals surface area (Å²) in [7, 11) is 0. The largest absolute Gasteiger partial charge is 0.444 e. The summed E-state index contributed by atoms with van der Waals surface area (Å²) >= 11 is 0. The summed E-state index contributed by atoms with van der Waals surface area (Å²) in [4.78, 5) is 53.2. The second-order valence-electron chi connectivity index (χ2n) is 6.99. The first kappa shape index (κ1) is 17.9. The average Bonchev–Trinajstić information content (AvgIpc) is 2.80. The van der Waals surface area contributed by atoms with Crippen LogP contribution in [0.2, 0.25) is 0 Å². The molecular weight excluding hydrogens is 342 g/mol. The SMILES string of the molecule is CC(C)(C)OC(=O)N[C@H]1C(=O)N[C@H]1CON1C(=O)c2ccccc2C1=O. The van der Waals surface area contributed by atoms with Gasteiger partial charge < -0.3 is 15.4 Å². The van der Waals surface area contributed by atoms with Gasteiger partial charge in [0.15, 0.2) is 0 Å². The predicted octanol–water partition coefficient (Wildman–Crippen LogP) is 0.606. The van der Waals surface area contributed by atoms with Crippen molar-refractivity contribution in [1.82, 2.24) is 15.7 Å². The number of fused-ring (bicyclic) bond motifs is 1. The van der Waals surface area contributed by atoms with E-state index in [4.69, 9.17) is 9.57 Å². The molecule has 3 rings (SSSR count). The number of ether oxygens (including phenoxy) is 1. The second kappa shape index (κ2) is 6.41. The van der Waals surface area contributed by atoms with Crippen LogP contribution in [0.15, 0.2) is 24.3 Å². The highest BCUT2D eigenvalue weighted by molar-refractivity contribution is 6.20. The molecule has 1 saturated heterocycles. The van der Waals surface area contributed by atoms with Crippen LogP contribution in [0.5, 0.6) is 0 Å². The van der Waals surface area contributed by atoms with Gasteiger partial charge in [0.1, 0.15) is 11.6 Å². The molecule has 2 N–H and O–H groups in total. The fourth-order valence-corrected chi connectivity index (χ4v) is 2.62. The van der Waals surface area contributed by atoms with Gasteiger partial charge in [-0.3, -0.25) is 19.2 Å². The Morgan fingerprint density at radius 3 is 2.23 bits per heavy atom. The van der Waals surface area contributed by atoms with Crippen LogP contribution in [0.25, 0.3) is 0 Å². The molecule has 1 fully saturated rings. The van der Waals surface area contributed by atoms with Crippen molar-refractivity contribution in [3.63, 3.8) is 0 Å². The number of carbonyl (C=O) groups is 4. The van der Waals surface area contributed by atoms with Crippen molar-refractivity contribution < 1.29 is 28.8 Å². The van der Waals surface area contributed by atoms with Crippen LogP contribution < -0.4 is 10.6 Å². The van der Waals surface area contributed by atoms with Crippen LogP contribution in [-0.2, 0) is 14.4 Å². The number of nitrogens with zero attached hydrogens (tertiary/aromatic N) is 1. The molecule has 0 radical (unpaired) electrons. The van der Waals surface area contributed by atoms with E-state index in [9.17, 15) is 19.2 Å². The minimum absolute atomic E-state index is 0.155. The fraction of sp³-hybridized carbons (Fsp3) is 0.412. The van der Waals surface area contributed by atoms with Crippen LogP contribution >= 0.6 is 0 Å². The maximum Gasteiger partial charge on any atom is 0.408 e. The Bertz CT molecular complexity index is 750. The van der Waals surface area contributed by atoms with Crippen molar-refractivity contribution in [3.8, 4) is 0 Å². The third-order valence-corrected chi connectivity index (χ3v) is 3.82. The third-order valence-electron chi connectivity index (χ3n) is 3.82. The van der Waals surface area contributed by atoms with Crippen molar-refractivity contribution in [2.75, 3.05) is 6.61 Å². The topological polar surface area (TPSA) is 114 Å². The van der Waals surface area contributed by atoms with Crippen molar-refractivity contribution in [2.24, 2.45) is 0 Å². The minimum atomic E-state index is -0.861. The second-order valence-corrected chi connectivity index (χ2v) is 6.99. The molecule has 0 aromatic heterocycles. The van der Waals surface area contributed by atoms with E-state index in [2.05, 4.69) is 10.6 Å². The lowest BCUT2D eigenvalue weighted by atomic mass is 10.0. The molecule has 0 unspecified atom stereocenters. The maximum atomic E-state index is 12.2. The molecule has 2 heterocycles. The number of hydrogen-bond donors (Lipinski definition) is 2. The average molecular weight is 361 g/mol. The van der Waals surface area contributed by atoms with E-state index in [1.54, 1.807) is 32.9 Å². The first-order valence-electron chi connectivity index (χ1n) is 8.08. The Labute approximate surface area is 149 Å². The highest BCUT2D eigenvalue weighted by Gasteiger charge is 2.43. The molecular formula is C17H19N3O6. The van der Waals surface area contributed by atoms with Crippen molar-refractivity contribution in [3.05, 3.63) is 35.4 Å². The monoisotopic (exact) mass is 361 g/mol. The summed E-state index contributed by atoms with van der Waals surface area (Å²) < 4.78 is 5.11. The fourth-order valence-electron chi connectivity index (χ4n) is 2.62. The highest BCUT2D eigenvalue weighted by Crippen LogP contribution is 2.23. The zero-order chi connectivity index (χ0) is 19.1.